The van der Waals surface area contributed by atoms with Crippen LogP contribution >= 0.6 is 11.6 Å². The van der Waals surface area contributed by atoms with Crippen molar-refractivity contribution in [3.8, 4) is 0 Å². The van der Waals surface area contributed by atoms with Gasteiger partial charge in [0.1, 0.15) is 0 Å². The van der Waals surface area contributed by atoms with Crippen molar-refractivity contribution < 1.29 is 9.18 Å². The lowest BCUT2D eigenvalue weighted by Gasteiger charge is -2.17. The number of hydrogen-bond donors (Lipinski definition) is 0. The van der Waals surface area contributed by atoms with Gasteiger partial charge in [-0.05, 0) is 30.2 Å². The highest BCUT2D eigenvalue weighted by Gasteiger charge is 2.18. The summed E-state index contributed by atoms with van der Waals surface area (Å²) in [6.45, 7) is 0.474. The number of amides is 1. The molecule has 0 saturated heterocycles. The van der Waals surface area contributed by atoms with Crippen LogP contribution in [0.2, 0.25) is 5.15 Å². The zero-order valence-corrected chi connectivity index (χ0v) is 11.6. The lowest BCUT2D eigenvalue weighted by Crippen LogP contribution is -2.29. The fourth-order valence-electron chi connectivity index (χ4n) is 1.74. The van der Waals surface area contributed by atoms with E-state index in [1.807, 2.05) is 12.1 Å². The first-order chi connectivity index (χ1) is 9.59. The van der Waals surface area contributed by atoms with Gasteiger partial charge in [-0.1, -0.05) is 11.6 Å². The van der Waals surface area contributed by atoms with Gasteiger partial charge in [-0.25, -0.2) is 9.37 Å². The predicted octanol–water partition coefficient (Wildman–Crippen LogP) is 2.58. The van der Waals surface area contributed by atoms with Crippen LogP contribution in [0.25, 0.3) is 0 Å². The maximum absolute atomic E-state index is 13.7. The number of rotatable bonds is 4. The Bertz CT molecular complexity index is 607. The lowest BCUT2D eigenvalue weighted by atomic mass is 10.2. The van der Waals surface area contributed by atoms with Gasteiger partial charge in [0.15, 0.2) is 11.0 Å². The van der Waals surface area contributed by atoms with E-state index in [9.17, 15) is 9.18 Å². The summed E-state index contributed by atoms with van der Waals surface area (Å²) < 4.78 is 13.7. The molecule has 0 fully saturated rings. The molecule has 2 aromatic heterocycles. The van der Waals surface area contributed by atoms with Crippen LogP contribution in [0.4, 0.5) is 4.39 Å². The van der Waals surface area contributed by atoms with E-state index in [2.05, 4.69) is 9.97 Å². The molecule has 2 rings (SSSR count). The molecule has 2 aromatic rings. The molecular formula is C14H13ClFN3O. The summed E-state index contributed by atoms with van der Waals surface area (Å²) in [5, 5.41) is -0.293. The highest BCUT2D eigenvalue weighted by Crippen LogP contribution is 2.16. The average Bonchev–Trinajstić information content (AvgIpc) is 2.48. The quantitative estimate of drug-likeness (QED) is 0.814. The second kappa shape index (κ2) is 6.43. The predicted molar refractivity (Wildman–Crippen MR) is 74.1 cm³/mol. The van der Waals surface area contributed by atoms with Gasteiger partial charge in [0.25, 0.3) is 5.91 Å². The van der Waals surface area contributed by atoms with Crippen LogP contribution in [-0.4, -0.2) is 34.4 Å². The van der Waals surface area contributed by atoms with E-state index < -0.39 is 11.7 Å². The zero-order valence-electron chi connectivity index (χ0n) is 10.9. The minimum absolute atomic E-state index is 0.0674. The molecule has 0 aromatic carbocycles. The van der Waals surface area contributed by atoms with Gasteiger partial charge in [-0.3, -0.25) is 9.78 Å². The molecule has 0 spiro atoms. The Labute approximate surface area is 121 Å². The number of pyridine rings is 2. The molecule has 20 heavy (non-hydrogen) atoms. The van der Waals surface area contributed by atoms with Crippen molar-refractivity contribution in [1.82, 2.24) is 14.9 Å². The van der Waals surface area contributed by atoms with E-state index in [1.165, 1.54) is 17.2 Å². The smallest absolute Gasteiger partial charge is 0.256 e. The summed E-state index contributed by atoms with van der Waals surface area (Å²) in [6, 6.07) is 5.08. The standard InChI is InChI=1S/C14H13ClFN3O/c1-19(9-5-10-2-6-17-7-3-10)14(20)11-4-8-18-13(15)12(11)16/h2-4,6-8H,5,9H2,1H3. The number of carbonyl (C=O) groups excluding carboxylic acids is 1. The first-order valence-corrected chi connectivity index (χ1v) is 6.41. The molecule has 0 unspecified atom stereocenters. The molecule has 0 atom stereocenters. The third-order valence-corrected chi connectivity index (χ3v) is 3.17. The number of halogens is 2. The molecule has 0 aliphatic carbocycles. The van der Waals surface area contributed by atoms with Crippen LogP contribution in [-0.2, 0) is 6.42 Å². The summed E-state index contributed by atoms with van der Waals surface area (Å²) in [5.74, 6) is -1.20. The van der Waals surface area contributed by atoms with Crippen molar-refractivity contribution in [1.29, 1.82) is 0 Å². The first-order valence-electron chi connectivity index (χ1n) is 6.04. The van der Waals surface area contributed by atoms with Crippen molar-refractivity contribution in [2.24, 2.45) is 0 Å². The Morgan fingerprint density at radius 2 is 2.00 bits per heavy atom. The highest BCUT2D eigenvalue weighted by molar-refractivity contribution is 6.29. The van der Waals surface area contributed by atoms with Crippen molar-refractivity contribution >= 4 is 17.5 Å². The summed E-state index contributed by atoms with van der Waals surface area (Å²) in [5.41, 5.74) is 0.995. The number of carbonyl (C=O) groups is 1. The molecule has 0 saturated carbocycles. The molecule has 2 heterocycles. The molecular weight excluding hydrogens is 281 g/mol. The largest absolute Gasteiger partial charge is 0.341 e. The molecule has 0 aliphatic rings. The Balaban J connectivity index is 2.04. The Morgan fingerprint density at radius 3 is 2.70 bits per heavy atom. The zero-order chi connectivity index (χ0) is 14.5. The molecule has 1 amide bonds. The van der Waals surface area contributed by atoms with Crippen molar-refractivity contribution in [2.45, 2.75) is 6.42 Å². The number of hydrogen-bond acceptors (Lipinski definition) is 3. The van der Waals surface area contributed by atoms with E-state index in [0.717, 1.165) is 5.56 Å². The van der Waals surface area contributed by atoms with Crippen LogP contribution in [0, 0.1) is 5.82 Å². The van der Waals surface area contributed by atoms with Gasteiger partial charge in [-0.15, -0.1) is 0 Å². The van der Waals surface area contributed by atoms with Gasteiger partial charge >= 0.3 is 0 Å². The number of aromatic nitrogens is 2. The second-order valence-electron chi connectivity index (χ2n) is 4.30. The fourth-order valence-corrected chi connectivity index (χ4v) is 1.89. The van der Waals surface area contributed by atoms with Gasteiger partial charge < -0.3 is 4.90 Å². The molecule has 104 valence electrons. The van der Waals surface area contributed by atoms with Gasteiger partial charge in [0.05, 0.1) is 5.56 Å². The van der Waals surface area contributed by atoms with Crippen LogP contribution in [0.5, 0.6) is 0 Å². The number of likely N-dealkylation sites (N-methyl/N-ethyl adjacent to an activating group) is 1. The summed E-state index contributed by atoms with van der Waals surface area (Å²) in [6.07, 6.45) is 5.37. The topological polar surface area (TPSA) is 46.1 Å². The summed E-state index contributed by atoms with van der Waals surface area (Å²) in [7, 11) is 1.62. The molecule has 4 nitrogen and oxygen atoms in total. The van der Waals surface area contributed by atoms with Gasteiger partial charge in [0.2, 0.25) is 0 Å². The van der Waals surface area contributed by atoms with Crippen LogP contribution in [0.1, 0.15) is 15.9 Å². The van der Waals surface area contributed by atoms with Crippen LogP contribution in [0.15, 0.2) is 36.8 Å². The Morgan fingerprint density at radius 1 is 1.30 bits per heavy atom. The van der Waals surface area contributed by atoms with E-state index in [1.54, 1.807) is 19.4 Å². The molecule has 6 heteroatoms. The number of nitrogens with zero attached hydrogens (tertiary/aromatic N) is 3. The lowest BCUT2D eigenvalue weighted by molar-refractivity contribution is 0.0792. The Hall–Kier alpha value is -2.01. The Kier molecular flexibility index (Phi) is 4.63. The van der Waals surface area contributed by atoms with E-state index >= 15 is 0 Å². The van der Waals surface area contributed by atoms with Crippen LogP contribution < -0.4 is 0 Å². The van der Waals surface area contributed by atoms with E-state index in [-0.39, 0.29) is 10.7 Å². The SMILES string of the molecule is CN(CCc1ccncc1)C(=O)c1ccnc(Cl)c1F. The fraction of sp³-hybridized carbons (Fsp3) is 0.214. The molecule has 0 radical (unpaired) electrons. The molecule has 0 N–H and O–H groups in total. The molecule has 0 aliphatic heterocycles. The second-order valence-corrected chi connectivity index (χ2v) is 4.65. The van der Waals surface area contributed by atoms with E-state index in [4.69, 9.17) is 11.6 Å². The minimum Gasteiger partial charge on any atom is -0.341 e. The van der Waals surface area contributed by atoms with E-state index in [0.29, 0.717) is 13.0 Å². The first kappa shape index (κ1) is 14.4. The maximum Gasteiger partial charge on any atom is 0.256 e. The van der Waals surface area contributed by atoms with Crippen molar-refractivity contribution in [3.05, 3.63) is 58.9 Å². The normalized spacial score (nSPS) is 10.3. The summed E-state index contributed by atoms with van der Waals surface area (Å²) >= 11 is 5.57. The maximum atomic E-state index is 13.7. The van der Waals surface area contributed by atoms with Crippen LogP contribution in [0.3, 0.4) is 0 Å². The van der Waals surface area contributed by atoms with Gasteiger partial charge in [-0.2, -0.15) is 0 Å². The van der Waals surface area contributed by atoms with Crippen molar-refractivity contribution in [2.75, 3.05) is 13.6 Å². The third-order valence-electron chi connectivity index (χ3n) is 2.91. The molecule has 0 bridgehead atoms. The van der Waals surface area contributed by atoms with Crippen molar-refractivity contribution in [3.63, 3.8) is 0 Å². The monoisotopic (exact) mass is 293 g/mol. The third kappa shape index (κ3) is 3.30. The summed E-state index contributed by atoms with van der Waals surface area (Å²) in [4.78, 5) is 21.1. The van der Waals surface area contributed by atoms with Gasteiger partial charge in [0, 0.05) is 32.2 Å². The highest BCUT2D eigenvalue weighted by atomic mass is 35.5. The minimum atomic E-state index is -0.782. The average molecular weight is 294 g/mol.